The van der Waals surface area contributed by atoms with Gasteiger partial charge >= 0.3 is 0 Å². The van der Waals surface area contributed by atoms with Crippen LogP contribution in [-0.2, 0) is 4.74 Å². The minimum absolute atomic E-state index is 0.189. The first-order valence-corrected chi connectivity index (χ1v) is 6.16. The van der Waals surface area contributed by atoms with E-state index in [1.54, 1.807) is 18.2 Å². The first-order chi connectivity index (χ1) is 8.25. The summed E-state index contributed by atoms with van der Waals surface area (Å²) in [5.74, 6) is -0.189. The van der Waals surface area contributed by atoms with Gasteiger partial charge < -0.3 is 10.1 Å². The number of ether oxygens (including phenoxy) is 1. The second-order valence-corrected chi connectivity index (χ2v) is 4.41. The predicted molar refractivity (Wildman–Crippen MR) is 65.2 cm³/mol. The minimum atomic E-state index is -0.189. The van der Waals surface area contributed by atoms with E-state index in [1.807, 2.05) is 0 Å². The van der Waals surface area contributed by atoms with Crippen molar-refractivity contribution in [3.8, 4) is 0 Å². The Kier molecular flexibility index (Phi) is 4.34. The molecule has 1 unspecified atom stereocenters. The quantitative estimate of drug-likeness (QED) is 0.837. The fraction of sp³-hybridized carbons (Fsp3) is 0.500. The number of carbonyl (C=O) groups is 1. The Bertz CT molecular complexity index is 392. The van der Waals surface area contributed by atoms with Crippen LogP contribution >= 0.6 is 11.6 Å². The summed E-state index contributed by atoms with van der Waals surface area (Å²) < 4.78 is 5.47. The normalized spacial score (nSPS) is 19.2. The van der Waals surface area contributed by atoms with Gasteiger partial charge in [0.1, 0.15) is 10.8 Å². The average molecular weight is 255 g/mol. The molecule has 0 saturated carbocycles. The molecule has 1 fully saturated rings. The third kappa shape index (κ3) is 3.68. The van der Waals surface area contributed by atoms with Crippen LogP contribution in [0.2, 0.25) is 5.15 Å². The molecule has 5 heteroatoms. The summed E-state index contributed by atoms with van der Waals surface area (Å²) in [6, 6.07) is 5.00. The van der Waals surface area contributed by atoms with Crippen LogP contribution in [0, 0.1) is 0 Å². The molecule has 1 aromatic heterocycles. The van der Waals surface area contributed by atoms with Crippen molar-refractivity contribution in [1.29, 1.82) is 0 Å². The Hall–Kier alpha value is -1.13. The molecular weight excluding hydrogens is 240 g/mol. The Balaban J connectivity index is 1.77. The van der Waals surface area contributed by atoms with E-state index in [9.17, 15) is 4.79 Å². The summed E-state index contributed by atoms with van der Waals surface area (Å²) in [5.41, 5.74) is 0.352. The summed E-state index contributed by atoms with van der Waals surface area (Å²) in [6.45, 7) is 1.45. The Morgan fingerprint density at radius 3 is 3.18 bits per heavy atom. The van der Waals surface area contributed by atoms with Crippen molar-refractivity contribution < 1.29 is 9.53 Å². The molecule has 17 heavy (non-hydrogen) atoms. The number of rotatable bonds is 4. The molecule has 1 saturated heterocycles. The average Bonchev–Trinajstić information content (AvgIpc) is 2.82. The SMILES string of the molecule is O=C(NCCC1CCCO1)c1cccc(Cl)n1. The maximum Gasteiger partial charge on any atom is 0.269 e. The largest absolute Gasteiger partial charge is 0.378 e. The monoisotopic (exact) mass is 254 g/mol. The van der Waals surface area contributed by atoms with E-state index in [2.05, 4.69) is 10.3 Å². The molecule has 2 heterocycles. The van der Waals surface area contributed by atoms with Crippen LogP contribution in [0.4, 0.5) is 0 Å². The molecule has 1 aliphatic rings. The van der Waals surface area contributed by atoms with Crippen LogP contribution in [0.25, 0.3) is 0 Å². The van der Waals surface area contributed by atoms with E-state index in [1.165, 1.54) is 0 Å². The van der Waals surface area contributed by atoms with E-state index in [4.69, 9.17) is 16.3 Å². The summed E-state index contributed by atoms with van der Waals surface area (Å²) in [5, 5.41) is 3.14. The first kappa shape index (κ1) is 12.3. The predicted octanol–water partition coefficient (Wildman–Crippen LogP) is 2.03. The molecule has 4 nitrogen and oxygen atoms in total. The molecule has 0 spiro atoms. The minimum Gasteiger partial charge on any atom is -0.378 e. The van der Waals surface area contributed by atoms with Crippen molar-refractivity contribution in [2.24, 2.45) is 0 Å². The van der Waals surface area contributed by atoms with Gasteiger partial charge in [-0.15, -0.1) is 0 Å². The molecule has 0 bridgehead atoms. The van der Waals surface area contributed by atoms with Crippen LogP contribution in [-0.4, -0.2) is 30.1 Å². The number of hydrogen-bond acceptors (Lipinski definition) is 3. The molecule has 0 radical (unpaired) electrons. The number of aromatic nitrogens is 1. The number of pyridine rings is 1. The number of nitrogens with zero attached hydrogens (tertiary/aromatic N) is 1. The lowest BCUT2D eigenvalue weighted by Crippen LogP contribution is -2.27. The third-order valence-corrected chi connectivity index (χ3v) is 2.93. The second-order valence-electron chi connectivity index (χ2n) is 4.03. The molecule has 1 aromatic rings. The van der Waals surface area contributed by atoms with Gasteiger partial charge in [0.2, 0.25) is 0 Å². The van der Waals surface area contributed by atoms with Crippen molar-refractivity contribution >= 4 is 17.5 Å². The first-order valence-electron chi connectivity index (χ1n) is 5.78. The summed E-state index contributed by atoms with van der Waals surface area (Å²) in [7, 11) is 0. The Labute approximate surface area is 105 Å². The van der Waals surface area contributed by atoms with Gasteiger partial charge in [-0.25, -0.2) is 4.98 Å². The van der Waals surface area contributed by atoms with Crippen molar-refractivity contribution in [1.82, 2.24) is 10.3 Å². The topological polar surface area (TPSA) is 51.2 Å². The van der Waals surface area contributed by atoms with Crippen LogP contribution in [0.1, 0.15) is 29.8 Å². The molecule has 0 aromatic carbocycles. The second kappa shape index (κ2) is 5.98. The molecule has 1 N–H and O–H groups in total. The number of nitrogens with one attached hydrogen (secondary N) is 1. The molecular formula is C12H15ClN2O2. The highest BCUT2D eigenvalue weighted by Crippen LogP contribution is 2.14. The number of carbonyl (C=O) groups excluding carboxylic acids is 1. The maximum atomic E-state index is 11.7. The molecule has 1 amide bonds. The third-order valence-electron chi connectivity index (χ3n) is 2.72. The number of hydrogen-bond donors (Lipinski definition) is 1. The zero-order valence-electron chi connectivity index (χ0n) is 9.49. The van der Waals surface area contributed by atoms with Crippen molar-refractivity contribution in [2.75, 3.05) is 13.2 Å². The van der Waals surface area contributed by atoms with E-state index in [0.29, 0.717) is 23.5 Å². The lowest BCUT2D eigenvalue weighted by Gasteiger charge is -2.09. The number of halogens is 1. The van der Waals surface area contributed by atoms with Gasteiger partial charge in [-0.05, 0) is 31.4 Å². The van der Waals surface area contributed by atoms with Gasteiger partial charge in [0.15, 0.2) is 0 Å². The van der Waals surface area contributed by atoms with E-state index < -0.39 is 0 Å². The van der Waals surface area contributed by atoms with Gasteiger partial charge in [0.05, 0.1) is 6.10 Å². The Morgan fingerprint density at radius 2 is 2.47 bits per heavy atom. The van der Waals surface area contributed by atoms with Gasteiger partial charge in [0, 0.05) is 13.2 Å². The zero-order chi connectivity index (χ0) is 12.1. The van der Waals surface area contributed by atoms with Crippen molar-refractivity contribution in [3.05, 3.63) is 29.0 Å². The van der Waals surface area contributed by atoms with Gasteiger partial charge in [-0.1, -0.05) is 17.7 Å². The smallest absolute Gasteiger partial charge is 0.269 e. The molecule has 1 aliphatic heterocycles. The van der Waals surface area contributed by atoms with Crippen LogP contribution < -0.4 is 5.32 Å². The lowest BCUT2D eigenvalue weighted by atomic mass is 10.2. The fourth-order valence-corrected chi connectivity index (χ4v) is 2.01. The van der Waals surface area contributed by atoms with Crippen molar-refractivity contribution in [2.45, 2.75) is 25.4 Å². The van der Waals surface area contributed by atoms with E-state index in [-0.39, 0.29) is 5.91 Å². The van der Waals surface area contributed by atoms with Gasteiger partial charge in [-0.2, -0.15) is 0 Å². The summed E-state index contributed by atoms with van der Waals surface area (Å²) in [6.07, 6.45) is 3.36. The lowest BCUT2D eigenvalue weighted by molar-refractivity contribution is 0.0903. The van der Waals surface area contributed by atoms with Gasteiger partial charge in [0.25, 0.3) is 5.91 Å². The molecule has 2 rings (SSSR count). The molecule has 92 valence electrons. The van der Waals surface area contributed by atoms with Crippen LogP contribution in [0.15, 0.2) is 18.2 Å². The molecule has 0 aliphatic carbocycles. The maximum absolute atomic E-state index is 11.7. The summed E-state index contributed by atoms with van der Waals surface area (Å²) in [4.78, 5) is 15.6. The summed E-state index contributed by atoms with van der Waals surface area (Å²) >= 11 is 5.72. The molecule has 1 atom stereocenters. The van der Waals surface area contributed by atoms with Gasteiger partial charge in [-0.3, -0.25) is 4.79 Å². The van der Waals surface area contributed by atoms with Crippen molar-refractivity contribution in [3.63, 3.8) is 0 Å². The van der Waals surface area contributed by atoms with Crippen LogP contribution in [0.3, 0.4) is 0 Å². The van der Waals surface area contributed by atoms with E-state index >= 15 is 0 Å². The number of amides is 1. The highest BCUT2D eigenvalue weighted by molar-refractivity contribution is 6.29. The highest BCUT2D eigenvalue weighted by atomic mass is 35.5. The zero-order valence-corrected chi connectivity index (χ0v) is 10.2. The fourth-order valence-electron chi connectivity index (χ4n) is 1.84. The van der Waals surface area contributed by atoms with E-state index in [0.717, 1.165) is 25.9 Å². The Morgan fingerprint density at radius 1 is 1.59 bits per heavy atom. The standard InChI is InChI=1S/C12H15ClN2O2/c13-11-5-1-4-10(15-11)12(16)14-7-6-9-3-2-8-17-9/h1,4-5,9H,2-3,6-8H2,(H,14,16). The van der Waals surface area contributed by atoms with Crippen LogP contribution in [0.5, 0.6) is 0 Å². The highest BCUT2D eigenvalue weighted by Gasteiger charge is 2.15.